The average molecular weight is 357 g/mol. The Morgan fingerprint density at radius 1 is 1.33 bits per heavy atom. The number of nitrogens with one attached hydrogen (secondary N) is 1. The van der Waals surface area contributed by atoms with E-state index in [0.29, 0.717) is 11.7 Å². The van der Waals surface area contributed by atoms with E-state index in [2.05, 4.69) is 56.7 Å². The van der Waals surface area contributed by atoms with Crippen molar-refractivity contribution in [2.24, 2.45) is 7.05 Å². The highest BCUT2D eigenvalue weighted by Crippen LogP contribution is 2.27. The Balaban J connectivity index is 2.63. The lowest BCUT2D eigenvalue weighted by atomic mass is 10.1. The first-order valence-corrected chi connectivity index (χ1v) is 6.85. The van der Waals surface area contributed by atoms with Crippen LogP contribution in [-0.2, 0) is 7.05 Å². The van der Waals surface area contributed by atoms with Crippen LogP contribution >= 0.6 is 22.6 Å². The molecule has 2 aromatic heterocycles. The van der Waals surface area contributed by atoms with Crippen LogP contribution in [0.15, 0.2) is 12.4 Å². The van der Waals surface area contributed by atoms with Crippen LogP contribution in [0.2, 0.25) is 0 Å². The van der Waals surface area contributed by atoms with Crippen LogP contribution in [0, 0.1) is 3.57 Å². The molecule has 0 atom stereocenters. The number of nitrogens with zero attached hydrogens (tertiary/aromatic N) is 4. The third-order valence-corrected chi connectivity index (χ3v) is 3.75. The Hall–Kier alpha value is -1.18. The number of imidazole rings is 1. The molecule has 0 aliphatic heterocycles. The van der Waals surface area contributed by atoms with Crippen molar-refractivity contribution in [1.82, 2.24) is 19.5 Å². The smallest absolute Gasteiger partial charge is 0.198 e. The number of hydrogen-bond acceptors (Lipinski definition) is 4. The highest BCUT2D eigenvalue weighted by molar-refractivity contribution is 14.1. The maximum atomic E-state index is 4.64. The number of rotatable bonds is 3. The highest BCUT2D eigenvalue weighted by atomic mass is 127. The largest absolute Gasteiger partial charge is 0.372 e. The zero-order valence-corrected chi connectivity index (χ0v) is 13.1. The molecule has 1 N–H and O–H groups in total. The summed E-state index contributed by atoms with van der Waals surface area (Å²) in [6.45, 7) is 4.26. The monoisotopic (exact) mass is 357 g/mol. The van der Waals surface area contributed by atoms with Crippen molar-refractivity contribution in [2.75, 3.05) is 12.4 Å². The molecule has 0 aliphatic rings. The van der Waals surface area contributed by atoms with Gasteiger partial charge in [-0.25, -0.2) is 15.0 Å². The van der Waals surface area contributed by atoms with E-state index in [1.54, 1.807) is 6.20 Å². The van der Waals surface area contributed by atoms with Crippen molar-refractivity contribution in [3.05, 3.63) is 21.7 Å². The summed E-state index contributed by atoms with van der Waals surface area (Å²) < 4.78 is 2.99. The van der Waals surface area contributed by atoms with Crippen molar-refractivity contribution in [1.29, 1.82) is 0 Å². The van der Waals surface area contributed by atoms with Gasteiger partial charge in [-0.3, -0.25) is 0 Å². The molecule has 0 unspecified atom stereocenters. The summed E-state index contributed by atoms with van der Waals surface area (Å²) in [4.78, 5) is 13.5. The lowest BCUT2D eigenvalue weighted by Gasteiger charge is -2.13. The molecule has 96 valence electrons. The molecule has 6 heteroatoms. The quantitative estimate of drug-likeness (QED) is 0.859. The van der Waals surface area contributed by atoms with Gasteiger partial charge in [0.15, 0.2) is 11.6 Å². The van der Waals surface area contributed by atoms with Gasteiger partial charge < -0.3 is 9.88 Å². The molecular formula is C12H16IN5. The molecule has 0 fully saturated rings. The predicted molar refractivity (Wildman–Crippen MR) is 80.6 cm³/mol. The maximum absolute atomic E-state index is 4.64. The minimum Gasteiger partial charge on any atom is -0.372 e. The van der Waals surface area contributed by atoms with Gasteiger partial charge in [0.2, 0.25) is 0 Å². The zero-order chi connectivity index (χ0) is 13.3. The van der Waals surface area contributed by atoms with Gasteiger partial charge in [0, 0.05) is 26.5 Å². The highest BCUT2D eigenvalue weighted by Gasteiger charge is 2.16. The van der Waals surface area contributed by atoms with Gasteiger partial charge in [-0.2, -0.15) is 0 Å². The molecule has 18 heavy (non-hydrogen) atoms. The van der Waals surface area contributed by atoms with E-state index in [1.807, 2.05) is 24.9 Å². The number of hydrogen-bond donors (Lipinski definition) is 1. The molecule has 2 aromatic rings. The van der Waals surface area contributed by atoms with E-state index in [4.69, 9.17) is 0 Å². The molecule has 5 nitrogen and oxygen atoms in total. The summed E-state index contributed by atoms with van der Waals surface area (Å²) in [7, 11) is 3.81. The first-order valence-electron chi connectivity index (χ1n) is 5.77. The molecule has 0 aromatic carbocycles. The molecule has 0 saturated carbocycles. The number of halogens is 1. The molecule has 0 spiro atoms. The summed E-state index contributed by atoms with van der Waals surface area (Å²) in [5.41, 5.74) is 1.05. The van der Waals surface area contributed by atoms with E-state index in [9.17, 15) is 0 Å². The Labute approximate surface area is 120 Å². The normalized spacial score (nSPS) is 11.0. The van der Waals surface area contributed by atoms with Crippen molar-refractivity contribution in [3.8, 4) is 11.6 Å². The molecular weight excluding hydrogens is 341 g/mol. The third kappa shape index (κ3) is 2.33. The molecule has 2 heterocycles. The minimum absolute atomic E-state index is 0.353. The molecule has 0 radical (unpaired) electrons. The van der Waals surface area contributed by atoms with E-state index >= 15 is 0 Å². The average Bonchev–Trinajstić information content (AvgIpc) is 2.75. The van der Waals surface area contributed by atoms with E-state index in [1.165, 1.54) is 0 Å². The molecule has 0 saturated heterocycles. The standard InChI is InChI=1S/C12H16IN5/c1-7(2)9-8(13)10(14-3)17-11(16-9)12-15-5-6-18(12)4/h5-7H,1-4H3,(H,14,16,17). The summed E-state index contributed by atoms with van der Waals surface area (Å²) in [5.74, 6) is 2.65. The Kier molecular flexibility index (Phi) is 3.84. The van der Waals surface area contributed by atoms with Gasteiger partial charge in [-0.1, -0.05) is 13.8 Å². The molecule has 2 rings (SSSR count). The Bertz CT molecular complexity index is 562. The van der Waals surface area contributed by atoms with Crippen LogP contribution in [0.25, 0.3) is 11.6 Å². The van der Waals surface area contributed by atoms with Crippen molar-refractivity contribution < 1.29 is 0 Å². The fourth-order valence-corrected chi connectivity index (χ4v) is 2.83. The van der Waals surface area contributed by atoms with Gasteiger partial charge in [0.25, 0.3) is 0 Å². The van der Waals surface area contributed by atoms with Gasteiger partial charge in [-0.05, 0) is 28.5 Å². The van der Waals surface area contributed by atoms with Crippen molar-refractivity contribution in [3.63, 3.8) is 0 Å². The second kappa shape index (κ2) is 5.21. The third-order valence-electron chi connectivity index (χ3n) is 2.68. The summed E-state index contributed by atoms with van der Waals surface area (Å²) in [6, 6.07) is 0. The topological polar surface area (TPSA) is 55.6 Å². The zero-order valence-electron chi connectivity index (χ0n) is 10.9. The van der Waals surface area contributed by atoms with Crippen LogP contribution in [0.4, 0.5) is 5.82 Å². The Morgan fingerprint density at radius 3 is 2.56 bits per heavy atom. The van der Waals surface area contributed by atoms with Crippen LogP contribution in [0.5, 0.6) is 0 Å². The van der Waals surface area contributed by atoms with E-state index in [0.717, 1.165) is 20.9 Å². The van der Waals surface area contributed by atoms with E-state index in [-0.39, 0.29) is 0 Å². The summed E-state index contributed by atoms with van der Waals surface area (Å²) in [5, 5.41) is 3.12. The van der Waals surface area contributed by atoms with Gasteiger partial charge in [0.1, 0.15) is 5.82 Å². The molecule has 0 amide bonds. The predicted octanol–water partition coefficient (Wildman–Crippen LogP) is 2.65. The fourth-order valence-electron chi connectivity index (χ4n) is 1.69. The number of aromatic nitrogens is 4. The van der Waals surface area contributed by atoms with Crippen LogP contribution < -0.4 is 5.32 Å². The first-order chi connectivity index (χ1) is 8.54. The second-order valence-electron chi connectivity index (χ2n) is 4.36. The SMILES string of the molecule is CNc1nc(-c2nccn2C)nc(C(C)C)c1I. The lowest BCUT2D eigenvalue weighted by molar-refractivity contribution is 0.802. The van der Waals surface area contributed by atoms with Crippen LogP contribution in [-0.4, -0.2) is 26.6 Å². The number of anilines is 1. The number of aryl methyl sites for hydroxylation is 1. The molecule has 0 aliphatic carbocycles. The lowest BCUT2D eigenvalue weighted by Crippen LogP contribution is -2.08. The maximum Gasteiger partial charge on any atom is 0.198 e. The minimum atomic E-state index is 0.353. The van der Waals surface area contributed by atoms with Crippen molar-refractivity contribution in [2.45, 2.75) is 19.8 Å². The van der Waals surface area contributed by atoms with E-state index < -0.39 is 0 Å². The fraction of sp³-hybridized carbons (Fsp3) is 0.417. The summed E-state index contributed by atoms with van der Waals surface area (Å²) >= 11 is 2.28. The van der Waals surface area contributed by atoms with Gasteiger partial charge in [0.05, 0.1) is 9.26 Å². The second-order valence-corrected chi connectivity index (χ2v) is 5.44. The van der Waals surface area contributed by atoms with Crippen LogP contribution in [0.3, 0.4) is 0 Å². The molecule has 0 bridgehead atoms. The van der Waals surface area contributed by atoms with Crippen molar-refractivity contribution >= 4 is 28.4 Å². The summed E-state index contributed by atoms with van der Waals surface area (Å²) in [6.07, 6.45) is 3.65. The van der Waals surface area contributed by atoms with Crippen LogP contribution in [0.1, 0.15) is 25.5 Å². The Morgan fingerprint density at radius 2 is 2.06 bits per heavy atom. The van der Waals surface area contributed by atoms with Gasteiger partial charge in [-0.15, -0.1) is 0 Å². The first kappa shape index (κ1) is 13.3. The van der Waals surface area contributed by atoms with Gasteiger partial charge >= 0.3 is 0 Å².